The zero-order valence-electron chi connectivity index (χ0n) is 11.8. The summed E-state index contributed by atoms with van der Waals surface area (Å²) in [6.45, 7) is 1.54. The van der Waals surface area contributed by atoms with Crippen LogP contribution in [0.1, 0.15) is 43.0 Å². The van der Waals surface area contributed by atoms with E-state index in [1.807, 2.05) is 0 Å². The number of benzene rings is 1. The second-order valence-electron chi connectivity index (χ2n) is 5.20. The van der Waals surface area contributed by atoms with Crippen molar-refractivity contribution in [3.05, 3.63) is 29.6 Å². The van der Waals surface area contributed by atoms with Crippen molar-refractivity contribution in [2.45, 2.75) is 44.8 Å². The van der Waals surface area contributed by atoms with Crippen molar-refractivity contribution in [3.8, 4) is 5.75 Å². The molecule has 1 aromatic carbocycles. The summed E-state index contributed by atoms with van der Waals surface area (Å²) in [5.74, 6) is -2.43. The molecule has 0 spiro atoms. The van der Waals surface area contributed by atoms with Gasteiger partial charge in [-0.1, -0.05) is 12.8 Å². The maximum absolute atomic E-state index is 13.7. The third kappa shape index (κ3) is 3.93. The van der Waals surface area contributed by atoms with Crippen LogP contribution in [-0.4, -0.2) is 29.1 Å². The van der Waals surface area contributed by atoms with Crippen LogP contribution in [0.15, 0.2) is 18.2 Å². The molecule has 1 unspecified atom stereocenters. The fraction of sp³-hybridized carbons (Fsp3) is 0.467. The van der Waals surface area contributed by atoms with Crippen LogP contribution in [0.25, 0.3) is 0 Å². The first-order valence-corrected chi connectivity index (χ1v) is 6.97. The molecule has 1 aromatic rings. The van der Waals surface area contributed by atoms with Gasteiger partial charge in [0.15, 0.2) is 17.7 Å². The van der Waals surface area contributed by atoms with Gasteiger partial charge in [-0.25, -0.2) is 9.18 Å². The van der Waals surface area contributed by atoms with Crippen LogP contribution in [0, 0.1) is 5.82 Å². The van der Waals surface area contributed by atoms with Crippen LogP contribution in [0.4, 0.5) is 4.39 Å². The molecule has 114 valence electrons. The number of ether oxygens (including phenoxy) is 1. The lowest BCUT2D eigenvalue weighted by Gasteiger charge is -2.18. The summed E-state index contributed by atoms with van der Waals surface area (Å²) in [7, 11) is 0. The first kappa shape index (κ1) is 15.3. The van der Waals surface area contributed by atoms with E-state index in [0.29, 0.717) is 0 Å². The number of carbonyl (C=O) groups excluding carboxylic acids is 1. The summed E-state index contributed by atoms with van der Waals surface area (Å²) in [6, 6.07) is 3.50. The summed E-state index contributed by atoms with van der Waals surface area (Å²) in [6.07, 6.45) is 3.28. The predicted molar refractivity (Wildman–Crippen MR) is 73.8 cm³/mol. The molecule has 1 saturated carbocycles. The van der Waals surface area contributed by atoms with Crippen LogP contribution in [0.2, 0.25) is 0 Å². The van der Waals surface area contributed by atoms with E-state index in [1.54, 1.807) is 0 Å². The van der Waals surface area contributed by atoms with E-state index in [0.717, 1.165) is 31.7 Å². The van der Waals surface area contributed by atoms with Gasteiger partial charge in [-0.15, -0.1) is 0 Å². The Hall–Kier alpha value is -2.11. The van der Waals surface area contributed by atoms with Crippen LogP contribution in [0.5, 0.6) is 5.75 Å². The Balaban J connectivity index is 1.96. The van der Waals surface area contributed by atoms with E-state index in [9.17, 15) is 14.0 Å². The summed E-state index contributed by atoms with van der Waals surface area (Å²) in [5, 5.41) is 11.6. The molecule has 6 heteroatoms. The summed E-state index contributed by atoms with van der Waals surface area (Å²) >= 11 is 0. The van der Waals surface area contributed by atoms with E-state index in [1.165, 1.54) is 19.1 Å². The van der Waals surface area contributed by atoms with E-state index in [4.69, 9.17) is 9.84 Å². The van der Waals surface area contributed by atoms with Crippen LogP contribution < -0.4 is 10.1 Å². The molecule has 2 N–H and O–H groups in total. The Labute approximate surface area is 122 Å². The van der Waals surface area contributed by atoms with Gasteiger partial charge in [0.05, 0.1) is 5.56 Å². The molecule has 5 nitrogen and oxygen atoms in total. The third-order valence-electron chi connectivity index (χ3n) is 3.55. The van der Waals surface area contributed by atoms with E-state index in [-0.39, 0.29) is 23.3 Å². The van der Waals surface area contributed by atoms with Crippen LogP contribution in [-0.2, 0) is 4.79 Å². The Morgan fingerprint density at radius 1 is 1.38 bits per heavy atom. The molecule has 1 amide bonds. The highest BCUT2D eigenvalue weighted by atomic mass is 19.1. The summed E-state index contributed by atoms with van der Waals surface area (Å²) < 4.78 is 19.0. The van der Waals surface area contributed by atoms with Gasteiger partial charge in [0.25, 0.3) is 5.91 Å². The zero-order chi connectivity index (χ0) is 15.4. The molecule has 21 heavy (non-hydrogen) atoms. The molecule has 0 aliphatic heterocycles. The number of carboxylic acids is 1. The van der Waals surface area contributed by atoms with Gasteiger partial charge in [0.2, 0.25) is 0 Å². The fourth-order valence-electron chi connectivity index (χ4n) is 2.36. The lowest BCUT2D eigenvalue weighted by molar-refractivity contribution is -0.128. The second-order valence-corrected chi connectivity index (χ2v) is 5.20. The Bertz CT molecular complexity index is 540. The summed E-state index contributed by atoms with van der Waals surface area (Å²) in [5.41, 5.74) is -0.164. The maximum atomic E-state index is 13.7. The SMILES string of the molecule is CC(Oc1ccc(C(=O)O)cc1F)C(=O)NC1CCCC1. The zero-order valence-corrected chi connectivity index (χ0v) is 11.8. The van der Waals surface area contributed by atoms with Gasteiger partial charge in [-0.3, -0.25) is 4.79 Å². The molecule has 2 rings (SSSR count). The number of carboxylic acid groups (broad SMARTS) is 1. The van der Waals surface area contributed by atoms with Crippen molar-refractivity contribution in [1.82, 2.24) is 5.32 Å². The van der Waals surface area contributed by atoms with Crippen LogP contribution >= 0.6 is 0 Å². The highest BCUT2D eigenvalue weighted by molar-refractivity contribution is 5.87. The molecular formula is C15H18FNO4. The van der Waals surface area contributed by atoms with Crippen molar-refractivity contribution in [3.63, 3.8) is 0 Å². The minimum atomic E-state index is -1.22. The number of rotatable bonds is 5. The molecule has 0 heterocycles. The molecular weight excluding hydrogens is 277 g/mol. The van der Waals surface area contributed by atoms with E-state index < -0.39 is 17.9 Å². The quantitative estimate of drug-likeness (QED) is 0.874. The first-order valence-electron chi connectivity index (χ1n) is 6.97. The Morgan fingerprint density at radius 2 is 2.05 bits per heavy atom. The lowest BCUT2D eigenvalue weighted by Crippen LogP contribution is -2.41. The molecule has 0 saturated heterocycles. The van der Waals surface area contributed by atoms with Crippen molar-refractivity contribution in [2.75, 3.05) is 0 Å². The number of amides is 1. The number of carbonyl (C=O) groups is 2. The van der Waals surface area contributed by atoms with Gasteiger partial charge in [-0.05, 0) is 38.0 Å². The average molecular weight is 295 g/mol. The van der Waals surface area contributed by atoms with E-state index >= 15 is 0 Å². The Morgan fingerprint density at radius 3 is 2.62 bits per heavy atom. The molecule has 1 atom stereocenters. The van der Waals surface area contributed by atoms with E-state index in [2.05, 4.69) is 5.32 Å². The van der Waals surface area contributed by atoms with Gasteiger partial charge in [0.1, 0.15) is 0 Å². The largest absolute Gasteiger partial charge is 0.478 e. The fourth-order valence-corrected chi connectivity index (χ4v) is 2.36. The number of halogens is 1. The number of hydrogen-bond acceptors (Lipinski definition) is 3. The second kappa shape index (κ2) is 6.56. The van der Waals surface area contributed by atoms with Crippen molar-refractivity contribution in [1.29, 1.82) is 0 Å². The molecule has 1 fully saturated rings. The number of nitrogens with one attached hydrogen (secondary N) is 1. The monoisotopic (exact) mass is 295 g/mol. The topological polar surface area (TPSA) is 75.6 Å². The van der Waals surface area contributed by atoms with Gasteiger partial charge >= 0.3 is 5.97 Å². The van der Waals surface area contributed by atoms with Crippen LogP contribution in [0.3, 0.4) is 0 Å². The lowest BCUT2D eigenvalue weighted by atomic mass is 10.2. The van der Waals surface area contributed by atoms with Gasteiger partial charge in [-0.2, -0.15) is 0 Å². The first-order chi connectivity index (χ1) is 9.97. The predicted octanol–water partition coefficient (Wildman–Crippen LogP) is 2.35. The van der Waals surface area contributed by atoms with Gasteiger partial charge in [0, 0.05) is 6.04 Å². The molecule has 0 aromatic heterocycles. The highest BCUT2D eigenvalue weighted by Crippen LogP contribution is 2.21. The summed E-state index contributed by atoms with van der Waals surface area (Å²) in [4.78, 5) is 22.7. The smallest absolute Gasteiger partial charge is 0.335 e. The van der Waals surface area contributed by atoms with Gasteiger partial charge < -0.3 is 15.2 Å². The number of hydrogen-bond donors (Lipinski definition) is 2. The number of aromatic carboxylic acids is 1. The third-order valence-corrected chi connectivity index (χ3v) is 3.55. The average Bonchev–Trinajstić information content (AvgIpc) is 2.93. The molecule has 1 aliphatic rings. The maximum Gasteiger partial charge on any atom is 0.335 e. The Kier molecular flexibility index (Phi) is 4.77. The molecule has 0 radical (unpaired) electrons. The minimum Gasteiger partial charge on any atom is -0.478 e. The normalized spacial score (nSPS) is 16.5. The molecule has 0 bridgehead atoms. The van der Waals surface area contributed by atoms with Crippen molar-refractivity contribution >= 4 is 11.9 Å². The standard InChI is InChI=1S/C15H18FNO4/c1-9(14(18)17-11-4-2-3-5-11)21-13-7-6-10(15(19)20)8-12(13)16/h6-9,11H,2-5H2,1H3,(H,17,18)(H,19,20). The minimum absolute atomic E-state index is 0.130. The van der Waals surface area contributed by atoms with Crippen molar-refractivity contribution < 1.29 is 23.8 Å². The molecule has 1 aliphatic carbocycles. The van der Waals surface area contributed by atoms with Crippen molar-refractivity contribution in [2.24, 2.45) is 0 Å². The highest BCUT2D eigenvalue weighted by Gasteiger charge is 2.22.